The molecule has 1 aliphatic rings. The van der Waals surface area contributed by atoms with Crippen LogP contribution in [0, 0.1) is 0 Å². The average molecular weight is 317 g/mol. The number of nitrogens with one attached hydrogen (secondary N) is 2. The molecular formula is C16H34N3OS+. The molecule has 0 unspecified atom stereocenters. The van der Waals surface area contributed by atoms with Crippen LogP contribution in [0.5, 0.6) is 0 Å². The van der Waals surface area contributed by atoms with Gasteiger partial charge in [0, 0.05) is 32.0 Å². The molecule has 0 spiro atoms. The van der Waals surface area contributed by atoms with E-state index >= 15 is 0 Å². The first kappa shape index (κ1) is 18.7. The molecule has 1 saturated heterocycles. The van der Waals surface area contributed by atoms with E-state index in [0.29, 0.717) is 12.1 Å². The Morgan fingerprint density at radius 3 is 2.33 bits per heavy atom. The second kappa shape index (κ2) is 7.75. The van der Waals surface area contributed by atoms with E-state index in [0.717, 1.165) is 37.5 Å². The van der Waals surface area contributed by atoms with Gasteiger partial charge in [0.1, 0.15) is 0 Å². The van der Waals surface area contributed by atoms with Crippen LogP contribution in [0.25, 0.3) is 0 Å². The summed E-state index contributed by atoms with van der Waals surface area (Å²) in [7, 11) is 0. The molecule has 0 atom stereocenters. The number of piperidine rings is 1. The summed E-state index contributed by atoms with van der Waals surface area (Å²) < 4.78 is 5.52. The molecule has 4 nitrogen and oxygen atoms in total. The van der Waals surface area contributed by atoms with E-state index in [1.807, 2.05) is 0 Å². The lowest BCUT2D eigenvalue weighted by atomic mass is 9.80. The zero-order chi connectivity index (χ0) is 16.1. The van der Waals surface area contributed by atoms with Crippen LogP contribution in [0.3, 0.4) is 0 Å². The Labute approximate surface area is 135 Å². The predicted molar refractivity (Wildman–Crippen MR) is 92.5 cm³/mol. The third-order valence-electron chi connectivity index (χ3n) is 3.72. The van der Waals surface area contributed by atoms with Crippen molar-refractivity contribution in [3.05, 3.63) is 0 Å². The summed E-state index contributed by atoms with van der Waals surface area (Å²) in [6.07, 6.45) is 3.55. The van der Waals surface area contributed by atoms with Gasteiger partial charge in [0.15, 0.2) is 5.11 Å². The molecular weight excluding hydrogens is 282 g/mol. The van der Waals surface area contributed by atoms with Crippen molar-refractivity contribution in [2.45, 2.75) is 84.0 Å². The van der Waals surface area contributed by atoms with Crippen molar-refractivity contribution in [1.29, 1.82) is 0 Å². The molecule has 4 N–H and O–H groups in total. The van der Waals surface area contributed by atoms with Gasteiger partial charge in [0.2, 0.25) is 0 Å². The third kappa shape index (κ3) is 7.98. The van der Waals surface area contributed by atoms with E-state index < -0.39 is 0 Å². The summed E-state index contributed by atoms with van der Waals surface area (Å²) in [5.74, 6) is 0. The average Bonchev–Trinajstić information content (AvgIpc) is 2.23. The van der Waals surface area contributed by atoms with Gasteiger partial charge in [-0.25, -0.2) is 0 Å². The molecule has 1 aliphatic heterocycles. The maximum atomic E-state index is 5.52. The van der Waals surface area contributed by atoms with Gasteiger partial charge < -0.3 is 20.7 Å². The minimum atomic E-state index is 0.264. The fraction of sp³-hybridized carbons (Fsp3) is 0.938. The van der Waals surface area contributed by atoms with Crippen molar-refractivity contribution in [3.63, 3.8) is 0 Å². The van der Waals surface area contributed by atoms with Crippen LogP contribution in [0.1, 0.15) is 60.8 Å². The normalized spacial score (nSPS) is 21.3. The van der Waals surface area contributed by atoms with E-state index in [-0.39, 0.29) is 11.1 Å². The Bertz CT molecular complexity index is 326. The van der Waals surface area contributed by atoms with Crippen molar-refractivity contribution in [1.82, 2.24) is 10.6 Å². The molecule has 0 aromatic rings. The molecule has 0 saturated carbocycles. The first-order valence-electron chi connectivity index (χ1n) is 8.13. The number of hydrogen-bond acceptors (Lipinski definition) is 2. The van der Waals surface area contributed by atoms with Gasteiger partial charge >= 0.3 is 0 Å². The fourth-order valence-corrected chi connectivity index (χ4v) is 3.72. The highest BCUT2D eigenvalue weighted by Crippen LogP contribution is 2.21. The summed E-state index contributed by atoms with van der Waals surface area (Å²) in [6.45, 7) is 15.0. The van der Waals surface area contributed by atoms with Gasteiger partial charge in [-0.15, -0.1) is 0 Å². The van der Waals surface area contributed by atoms with E-state index in [1.54, 1.807) is 0 Å². The maximum absolute atomic E-state index is 5.52. The van der Waals surface area contributed by atoms with E-state index in [4.69, 9.17) is 17.0 Å². The largest absolute Gasteiger partial charge is 0.379 e. The van der Waals surface area contributed by atoms with Gasteiger partial charge in [0.25, 0.3) is 0 Å². The van der Waals surface area contributed by atoms with Crippen molar-refractivity contribution >= 4 is 17.3 Å². The molecule has 0 aromatic carbocycles. The highest BCUT2D eigenvalue weighted by atomic mass is 32.1. The quantitative estimate of drug-likeness (QED) is 0.514. The van der Waals surface area contributed by atoms with Crippen LogP contribution in [0.15, 0.2) is 0 Å². The monoisotopic (exact) mass is 316 g/mol. The minimum absolute atomic E-state index is 0.264. The standard InChI is InChI=1S/C16H33N3OS/c1-12(2)20-9-7-8-17-14(21)18-13-10-15(3,4)19-16(5,6)11-13/h12-13,19H,7-11H2,1-6H3,(H2,17,18,21)/p+1. The number of nitrogens with two attached hydrogens (primary N) is 1. The molecule has 1 fully saturated rings. The SMILES string of the molecule is CC(C)OCCCNC(=S)NC1CC(C)(C)[NH2+]C(C)(C)C1. The Balaban J connectivity index is 2.27. The first-order valence-corrected chi connectivity index (χ1v) is 8.53. The number of ether oxygens (including phenoxy) is 1. The van der Waals surface area contributed by atoms with Crippen LogP contribution in [-0.4, -0.2) is 41.5 Å². The van der Waals surface area contributed by atoms with Crippen molar-refractivity contribution in [2.24, 2.45) is 0 Å². The van der Waals surface area contributed by atoms with Gasteiger partial charge in [-0.1, -0.05) is 0 Å². The number of rotatable bonds is 6. The maximum Gasteiger partial charge on any atom is 0.166 e. The second-order valence-corrected chi connectivity index (χ2v) is 8.31. The van der Waals surface area contributed by atoms with Crippen LogP contribution in [0.2, 0.25) is 0 Å². The Kier molecular flexibility index (Phi) is 6.88. The number of quaternary nitrogens is 1. The van der Waals surface area contributed by atoms with Gasteiger partial charge in [-0.3, -0.25) is 0 Å². The smallest absolute Gasteiger partial charge is 0.166 e. The lowest BCUT2D eigenvalue weighted by Crippen LogP contribution is -3.06. The molecule has 0 aliphatic carbocycles. The Morgan fingerprint density at radius 2 is 1.81 bits per heavy atom. The molecule has 21 heavy (non-hydrogen) atoms. The second-order valence-electron chi connectivity index (χ2n) is 7.90. The van der Waals surface area contributed by atoms with Crippen LogP contribution >= 0.6 is 12.2 Å². The topological polar surface area (TPSA) is 49.9 Å². The summed E-state index contributed by atoms with van der Waals surface area (Å²) in [4.78, 5) is 0. The number of thiocarbonyl (C=S) groups is 1. The number of hydrogen-bond donors (Lipinski definition) is 3. The zero-order valence-corrected chi connectivity index (χ0v) is 15.4. The molecule has 124 valence electrons. The molecule has 1 heterocycles. The Hall–Kier alpha value is -0.390. The lowest BCUT2D eigenvalue weighted by Gasteiger charge is -2.43. The van der Waals surface area contributed by atoms with Crippen molar-refractivity contribution < 1.29 is 10.1 Å². The Morgan fingerprint density at radius 1 is 1.24 bits per heavy atom. The van der Waals surface area contributed by atoms with Crippen LogP contribution in [-0.2, 0) is 4.74 Å². The zero-order valence-electron chi connectivity index (χ0n) is 14.6. The van der Waals surface area contributed by atoms with Crippen molar-refractivity contribution in [2.75, 3.05) is 13.2 Å². The molecule has 0 bridgehead atoms. The highest BCUT2D eigenvalue weighted by Gasteiger charge is 2.41. The minimum Gasteiger partial charge on any atom is -0.379 e. The van der Waals surface area contributed by atoms with Crippen molar-refractivity contribution in [3.8, 4) is 0 Å². The molecule has 5 heteroatoms. The fourth-order valence-electron chi connectivity index (χ4n) is 3.45. The summed E-state index contributed by atoms with van der Waals surface area (Å²) in [5.41, 5.74) is 0.528. The molecule has 1 rings (SSSR count). The third-order valence-corrected chi connectivity index (χ3v) is 3.98. The van der Waals surface area contributed by atoms with Gasteiger partial charge in [-0.2, -0.15) is 0 Å². The predicted octanol–water partition coefficient (Wildman–Crippen LogP) is 1.55. The molecule has 0 amide bonds. The van der Waals surface area contributed by atoms with E-state index in [2.05, 4.69) is 57.5 Å². The summed E-state index contributed by atoms with van der Waals surface area (Å²) in [5, 5.41) is 10.0. The summed E-state index contributed by atoms with van der Waals surface area (Å²) >= 11 is 5.41. The highest BCUT2D eigenvalue weighted by molar-refractivity contribution is 7.80. The van der Waals surface area contributed by atoms with E-state index in [9.17, 15) is 0 Å². The molecule has 0 radical (unpaired) electrons. The van der Waals surface area contributed by atoms with Gasteiger partial charge in [0.05, 0.1) is 17.2 Å². The molecule has 0 aromatic heterocycles. The summed E-state index contributed by atoms with van der Waals surface area (Å²) in [6, 6.07) is 0.451. The van der Waals surface area contributed by atoms with Crippen LogP contribution in [0.4, 0.5) is 0 Å². The first-order chi connectivity index (χ1) is 9.60. The van der Waals surface area contributed by atoms with E-state index in [1.165, 1.54) is 0 Å². The lowest BCUT2D eigenvalue weighted by molar-refractivity contribution is -0.787. The van der Waals surface area contributed by atoms with Crippen LogP contribution < -0.4 is 16.0 Å². The van der Waals surface area contributed by atoms with Gasteiger partial charge in [-0.05, 0) is 60.2 Å².